The highest BCUT2D eigenvalue weighted by Crippen LogP contribution is 2.33. The number of likely N-dealkylation sites (tertiary alicyclic amines) is 1. The van der Waals surface area contributed by atoms with Crippen LogP contribution < -0.4 is 0 Å². The molecule has 5 nitrogen and oxygen atoms in total. The van der Waals surface area contributed by atoms with E-state index in [0.717, 1.165) is 25.5 Å². The minimum absolute atomic E-state index is 0.128. The van der Waals surface area contributed by atoms with Gasteiger partial charge in [-0.15, -0.1) is 0 Å². The SMILES string of the molecule is O=CC1CCCN1C(=O)[C@H]1CCCC[C@H]1C(=O)O. The Hall–Kier alpha value is -1.39. The molecule has 0 bridgehead atoms. The van der Waals surface area contributed by atoms with Gasteiger partial charge < -0.3 is 14.8 Å². The van der Waals surface area contributed by atoms with Gasteiger partial charge in [-0.1, -0.05) is 12.8 Å². The van der Waals surface area contributed by atoms with Crippen molar-refractivity contribution in [2.75, 3.05) is 6.54 Å². The van der Waals surface area contributed by atoms with E-state index in [1.807, 2.05) is 0 Å². The molecule has 1 aliphatic carbocycles. The van der Waals surface area contributed by atoms with Crippen molar-refractivity contribution in [1.29, 1.82) is 0 Å². The van der Waals surface area contributed by atoms with Crippen LogP contribution in [-0.4, -0.2) is 40.8 Å². The molecule has 0 aromatic carbocycles. The van der Waals surface area contributed by atoms with E-state index in [0.29, 0.717) is 25.8 Å². The van der Waals surface area contributed by atoms with Crippen LogP contribution in [0.1, 0.15) is 38.5 Å². The molecule has 0 radical (unpaired) electrons. The van der Waals surface area contributed by atoms with Crippen molar-refractivity contribution >= 4 is 18.2 Å². The van der Waals surface area contributed by atoms with Crippen LogP contribution in [0.15, 0.2) is 0 Å². The smallest absolute Gasteiger partial charge is 0.307 e. The molecule has 0 spiro atoms. The Morgan fingerprint density at radius 1 is 1.06 bits per heavy atom. The molecule has 2 fully saturated rings. The average Bonchev–Trinajstić information content (AvgIpc) is 2.86. The van der Waals surface area contributed by atoms with Crippen LogP contribution in [0.5, 0.6) is 0 Å². The number of rotatable bonds is 3. The zero-order valence-electron chi connectivity index (χ0n) is 10.4. The Morgan fingerprint density at radius 2 is 1.72 bits per heavy atom. The fraction of sp³-hybridized carbons (Fsp3) is 0.769. The second-order valence-electron chi connectivity index (χ2n) is 5.21. The first kappa shape index (κ1) is 13.1. The van der Waals surface area contributed by atoms with Gasteiger partial charge in [-0.2, -0.15) is 0 Å². The van der Waals surface area contributed by atoms with Gasteiger partial charge in [-0.05, 0) is 25.7 Å². The molecule has 1 saturated carbocycles. The van der Waals surface area contributed by atoms with Crippen molar-refractivity contribution in [3.8, 4) is 0 Å². The number of carbonyl (C=O) groups excluding carboxylic acids is 2. The van der Waals surface area contributed by atoms with Crippen molar-refractivity contribution < 1.29 is 19.5 Å². The molecule has 0 aromatic rings. The lowest BCUT2D eigenvalue weighted by atomic mass is 9.78. The summed E-state index contributed by atoms with van der Waals surface area (Å²) in [6, 6.07) is -0.339. The van der Waals surface area contributed by atoms with Gasteiger partial charge in [-0.25, -0.2) is 0 Å². The zero-order chi connectivity index (χ0) is 13.1. The highest BCUT2D eigenvalue weighted by atomic mass is 16.4. The Balaban J connectivity index is 2.10. The predicted molar refractivity (Wildman–Crippen MR) is 63.9 cm³/mol. The summed E-state index contributed by atoms with van der Waals surface area (Å²) >= 11 is 0. The summed E-state index contributed by atoms with van der Waals surface area (Å²) in [5, 5.41) is 9.18. The third-order valence-electron chi connectivity index (χ3n) is 4.14. The largest absolute Gasteiger partial charge is 0.481 e. The highest BCUT2D eigenvalue weighted by Gasteiger charge is 2.40. The number of aldehydes is 1. The van der Waals surface area contributed by atoms with Gasteiger partial charge >= 0.3 is 5.97 Å². The number of hydrogen-bond donors (Lipinski definition) is 1. The van der Waals surface area contributed by atoms with Crippen molar-refractivity contribution in [2.24, 2.45) is 11.8 Å². The molecule has 100 valence electrons. The molecule has 1 N–H and O–H groups in total. The Labute approximate surface area is 106 Å². The van der Waals surface area contributed by atoms with E-state index in [1.165, 1.54) is 0 Å². The van der Waals surface area contributed by atoms with Gasteiger partial charge in [0.25, 0.3) is 0 Å². The predicted octanol–water partition coefficient (Wildman–Crippen LogP) is 1.07. The molecule has 2 rings (SSSR count). The number of hydrogen-bond acceptors (Lipinski definition) is 3. The quantitative estimate of drug-likeness (QED) is 0.763. The lowest BCUT2D eigenvalue weighted by Crippen LogP contribution is -2.45. The third-order valence-corrected chi connectivity index (χ3v) is 4.14. The number of amides is 1. The molecule has 1 heterocycles. The lowest BCUT2D eigenvalue weighted by Gasteiger charge is -2.32. The summed E-state index contributed by atoms with van der Waals surface area (Å²) in [7, 11) is 0. The Kier molecular flexibility index (Phi) is 3.99. The summed E-state index contributed by atoms with van der Waals surface area (Å²) in [5.74, 6) is -2.01. The van der Waals surface area contributed by atoms with Gasteiger partial charge in [0.05, 0.1) is 17.9 Å². The van der Waals surface area contributed by atoms with Crippen LogP contribution in [0.3, 0.4) is 0 Å². The van der Waals surface area contributed by atoms with Gasteiger partial charge in [0.2, 0.25) is 5.91 Å². The van der Waals surface area contributed by atoms with Gasteiger partial charge in [-0.3, -0.25) is 9.59 Å². The number of carboxylic acids is 1. The average molecular weight is 253 g/mol. The summed E-state index contributed by atoms with van der Waals surface area (Å²) in [4.78, 5) is 36.1. The molecule has 3 atom stereocenters. The van der Waals surface area contributed by atoms with Crippen LogP contribution in [0.4, 0.5) is 0 Å². The standard InChI is InChI=1S/C13H19NO4/c15-8-9-4-3-7-14(9)12(16)10-5-1-2-6-11(10)13(17)18/h8-11H,1-7H2,(H,17,18)/t9?,10-,11+/m0/s1. The van der Waals surface area contributed by atoms with Gasteiger partial charge in [0, 0.05) is 6.54 Å². The second kappa shape index (κ2) is 5.50. The van der Waals surface area contributed by atoms with Crippen molar-refractivity contribution in [2.45, 2.75) is 44.6 Å². The monoisotopic (exact) mass is 253 g/mol. The summed E-state index contributed by atoms with van der Waals surface area (Å²) in [6.07, 6.45) is 5.34. The maximum atomic E-state index is 12.4. The maximum absolute atomic E-state index is 12.4. The molecular formula is C13H19NO4. The molecule has 1 unspecified atom stereocenters. The first-order valence-corrected chi connectivity index (χ1v) is 6.63. The van der Waals surface area contributed by atoms with Crippen molar-refractivity contribution in [1.82, 2.24) is 4.90 Å². The van der Waals surface area contributed by atoms with Crippen LogP contribution in [0, 0.1) is 11.8 Å². The van der Waals surface area contributed by atoms with Crippen LogP contribution in [0.25, 0.3) is 0 Å². The Morgan fingerprint density at radius 3 is 2.33 bits per heavy atom. The number of aliphatic carboxylic acids is 1. The molecule has 18 heavy (non-hydrogen) atoms. The fourth-order valence-corrected chi connectivity index (χ4v) is 3.14. The minimum Gasteiger partial charge on any atom is -0.481 e. The van der Waals surface area contributed by atoms with E-state index in [2.05, 4.69) is 0 Å². The molecule has 1 amide bonds. The number of carbonyl (C=O) groups is 3. The number of carboxylic acid groups (broad SMARTS) is 1. The molecule has 2 aliphatic rings. The zero-order valence-corrected chi connectivity index (χ0v) is 10.4. The summed E-state index contributed by atoms with van der Waals surface area (Å²) in [6.45, 7) is 0.588. The first-order valence-electron chi connectivity index (χ1n) is 6.63. The molecule has 0 aromatic heterocycles. The summed E-state index contributed by atoms with van der Waals surface area (Å²) < 4.78 is 0. The van der Waals surface area contributed by atoms with E-state index in [1.54, 1.807) is 4.90 Å². The lowest BCUT2D eigenvalue weighted by molar-refractivity contribution is -0.152. The Bertz CT molecular complexity index is 355. The van der Waals surface area contributed by atoms with Gasteiger partial charge in [0.1, 0.15) is 6.29 Å². The highest BCUT2D eigenvalue weighted by molar-refractivity contribution is 5.87. The van der Waals surface area contributed by atoms with Gasteiger partial charge in [0.15, 0.2) is 0 Å². The van der Waals surface area contributed by atoms with E-state index >= 15 is 0 Å². The van der Waals surface area contributed by atoms with E-state index in [-0.39, 0.29) is 11.9 Å². The first-order chi connectivity index (χ1) is 8.65. The van der Waals surface area contributed by atoms with Crippen molar-refractivity contribution in [3.05, 3.63) is 0 Å². The summed E-state index contributed by atoms with van der Waals surface area (Å²) in [5.41, 5.74) is 0. The van der Waals surface area contributed by atoms with E-state index in [9.17, 15) is 19.5 Å². The van der Waals surface area contributed by atoms with Crippen LogP contribution >= 0.6 is 0 Å². The van der Waals surface area contributed by atoms with Crippen molar-refractivity contribution in [3.63, 3.8) is 0 Å². The molecule has 1 saturated heterocycles. The van der Waals surface area contributed by atoms with E-state index in [4.69, 9.17) is 0 Å². The fourth-order valence-electron chi connectivity index (χ4n) is 3.14. The molecule has 5 heteroatoms. The van der Waals surface area contributed by atoms with E-state index < -0.39 is 17.8 Å². The molecular weight excluding hydrogens is 234 g/mol. The minimum atomic E-state index is -0.880. The molecule has 1 aliphatic heterocycles. The topological polar surface area (TPSA) is 74.7 Å². The third kappa shape index (κ3) is 2.40. The second-order valence-corrected chi connectivity index (χ2v) is 5.21. The van der Waals surface area contributed by atoms with Crippen LogP contribution in [0.2, 0.25) is 0 Å². The van der Waals surface area contributed by atoms with Crippen LogP contribution in [-0.2, 0) is 14.4 Å². The maximum Gasteiger partial charge on any atom is 0.307 e. The normalized spacial score (nSPS) is 32.2. The number of nitrogens with zero attached hydrogens (tertiary/aromatic N) is 1.